The number of fused-ring (bicyclic) bond motifs is 3. The minimum atomic E-state index is -1.47. The zero-order valence-electron chi connectivity index (χ0n) is 20.5. The lowest BCUT2D eigenvalue weighted by Gasteiger charge is -2.42. The molecule has 3 aromatic rings. The van der Waals surface area contributed by atoms with E-state index in [-0.39, 0.29) is 29.8 Å². The Bertz CT molecular complexity index is 1210. The van der Waals surface area contributed by atoms with Gasteiger partial charge in [-0.1, -0.05) is 79.2 Å². The van der Waals surface area contributed by atoms with Crippen LogP contribution >= 0.6 is 15.9 Å². The number of aliphatic hydroxyl groups is 2. The summed E-state index contributed by atoms with van der Waals surface area (Å²) >= 11 is 3.55. The highest BCUT2D eigenvalue weighted by Gasteiger charge is 2.76. The van der Waals surface area contributed by atoms with E-state index >= 15 is 0 Å². The van der Waals surface area contributed by atoms with Gasteiger partial charge in [0, 0.05) is 22.9 Å². The molecule has 2 aliphatic rings. The highest BCUT2D eigenvalue weighted by atomic mass is 79.9. The lowest BCUT2D eigenvalue weighted by Crippen LogP contribution is -2.51. The summed E-state index contributed by atoms with van der Waals surface area (Å²) in [5.74, 6) is 0.138. The standard InChI is InChI=1S/C29H32BrNO4/c1-27(2,3)14-22-21(17-32)25(18-8-6-5-7-9-18)29(19-10-12-20(30)13-11-19)28(22,33)26-23(34-4)15-31-16-24(26)35-29/h5-13,15-16,21-22,25,32-33H,14,17H2,1-4H3. The molecule has 1 saturated carbocycles. The largest absolute Gasteiger partial charge is 0.495 e. The average molecular weight is 538 g/mol. The van der Waals surface area contributed by atoms with Gasteiger partial charge in [0.2, 0.25) is 0 Å². The van der Waals surface area contributed by atoms with Crippen molar-refractivity contribution in [3.8, 4) is 11.5 Å². The minimum absolute atomic E-state index is 0.0764. The number of rotatable bonds is 5. The van der Waals surface area contributed by atoms with E-state index in [0.29, 0.717) is 23.5 Å². The summed E-state index contributed by atoms with van der Waals surface area (Å²) in [6.07, 6.45) is 3.99. The van der Waals surface area contributed by atoms with Crippen molar-refractivity contribution in [2.24, 2.45) is 17.3 Å². The van der Waals surface area contributed by atoms with Gasteiger partial charge in [-0.2, -0.15) is 0 Å². The second-order valence-corrected chi connectivity index (χ2v) is 11.8. The van der Waals surface area contributed by atoms with E-state index < -0.39 is 11.2 Å². The first-order chi connectivity index (χ1) is 16.7. The topological polar surface area (TPSA) is 71.8 Å². The molecule has 0 saturated heterocycles. The first-order valence-electron chi connectivity index (χ1n) is 12.0. The SMILES string of the molecule is COc1cncc2c1C1(O)C(CC(C)(C)C)C(CO)C(c3ccccc3)C1(c1ccc(Br)cc1)O2. The number of benzene rings is 2. The zero-order valence-corrected chi connectivity index (χ0v) is 22.1. The van der Waals surface area contributed by atoms with Crippen molar-refractivity contribution in [3.05, 3.63) is 88.2 Å². The number of nitrogens with zero attached hydrogens (tertiary/aromatic N) is 1. The van der Waals surface area contributed by atoms with Crippen molar-refractivity contribution in [2.75, 3.05) is 13.7 Å². The van der Waals surface area contributed by atoms with Gasteiger partial charge in [0.1, 0.15) is 17.1 Å². The number of halogens is 1. The summed E-state index contributed by atoms with van der Waals surface area (Å²) in [6, 6.07) is 18.1. The Labute approximate surface area is 215 Å². The number of ether oxygens (including phenoxy) is 2. The maximum absolute atomic E-state index is 13.2. The third kappa shape index (κ3) is 3.52. The highest BCUT2D eigenvalue weighted by Crippen LogP contribution is 2.72. The Morgan fingerprint density at radius 2 is 1.74 bits per heavy atom. The van der Waals surface area contributed by atoms with Crippen LogP contribution in [0.2, 0.25) is 0 Å². The van der Waals surface area contributed by atoms with Crippen LogP contribution in [0, 0.1) is 17.3 Å². The van der Waals surface area contributed by atoms with Crippen molar-refractivity contribution in [3.63, 3.8) is 0 Å². The molecule has 1 fully saturated rings. The maximum Gasteiger partial charge on any atom is 0.174 e. The summed E-state index contributed by atoms with van der Waals surface area (Å²) < 4.78 is 13.6. The fourth-order valence-corrected chi connectivity index (χ4v) is 6.83. The van der Waals surface area contributed by atoms with E-state index in [9.17, 15) is 10.2 Å². The van der Waals surface area contributed by atoms with Crippen molar-refractivity contribution >= 4 is 15.9 Å². The van der Waals surface area contributed by atoms with E-state index in [2.05, 4.69) is 53.8 Å². The van der Waals surface area contributed by atoms with Crippen LogP contribution in [0.25, 0.3) is 0 Å². The predicted octanol–water partition coefficient (Wildman–Crippen LogP) is 5.79. The summed E-state index contributed by atoms with van der Waals surface area (Å²) in [5.41, 5.74) is -0.269. The van der Waals surface area contributed by atoms with E-state index in [4.69, 9.17) is 9.47 Å². The molecule has 5 nitrogen and oxygen atoms in total. The van der Waals surface area contributed by atoms with Crippen molar-refractivity contribution < 1.29 is 19.7 Å². The van der Waals surface area contributed by atoms with Gasteiger partial charge in [0.15, 0.2) is 5.60 Å². The number of hydrogen-bond donors (Lipinski definition) is 2. The lowest BCUT2D eigenvalue weighted by molar-refractivity contribution is -0.134. The number of pyridine rings is 1. The molecule has 2 heterocycles. The van der Waals surface area contributed by atoms with Gasteiger partial charge < -0.3 is 19.7 Å². The van der Waals surface area contributed by atoms with Crippen molar-refractivity contribution in [1.82, 2.24) is 4.98 Å². The van der Waals surface area contributed by atoms with Crippen LogP contribution in [-0.4, -0.2) is 28.9 Å². The lowest BCUT2D eigenvalue weighted by atomic mass is 9.68. The van der Waals surface area contributed by atoms with Crippen molar-refractivity contribution in [1.29, 1.82) is 0 Å². The quantitative estimate of drug-likeness (QED) is 0.431. The fraction of sp³-hybridized carbons (Fsp3) is 0.414. The van der Waals surface area contributed by atoms with Gasteiger partial charge in [-0.25, -0.2) is 0 Å². The Kier molecular flexibility index (Phi) is 5.98. The third-order valence-electron chi connectivity index (χ3n) is 7.71. The molecule has 5 atom stereocenters. The normalized spacial score (nSPS) is 29.4. The predicted molar refractivity (Wildman–Crippen MR) is 138 cm³/mol. The van der Waals surface area contributed by atoms with E-state index in [1.165, 1.54) is 0 Å². The second kappa shape index (κ2) is 8.61. The van der Waals surface area contributed by atoms with Gasteiger partial charge in [0.05, 0.1) is 25.1 Å². The molecule has 2 aromatic carbocycles. The van der Waals surface area contributed by atoms with E-state index in [1.807, 2.05) is 42.5 Å². The van der Waals surface area contributed by atoms with Crippen LogP contribution in [0.1, 0.15) is 49.8 Å². The minimum Gasteiger partial charge on any atom is -0.495 e. The van der Waals surface area contributed by atoms with Crippen LogP contribution in [0.3, 0.4) is 0 Å². The third-order valence-corrected chi connectivity index (χ3v) is 8.24. The molecule has 1 aromatic heterocycles. The van der Waals surface area contributed by atoms with Crippen LogP contribution in [0.4, 0.5) is 0 Å². The van der Waals surface area contributed by atoms with Crippen LogP contribution in [0.5, 0.6) is 11.5 Å². The molecule has 184 valence electrons. The summed E-state index contributed by atoms with van der Waals surface area (Å²) in [6.45, 7) is 6.43. The first kappa shape index (κ1) is 24.3. The fourth-order valence-electron chi connectivity index (χ4n) is 6.56. The molecule has 2 N–H and O–H groups in total. The van der Waals surface area contributed by atoms with Gasteiger partial charge in [-0.15, -0.1) is 0 Å². The van der Waals surface area contributed by atoms with Gasteiger partial charge >= 0.3 is 0 Å². The van der Waals surface area contributed by atoms with E-state index in [1.54, 1.807) is 19.5 Å². The molecule has 0 bridgehead atoms. The molecule has 0 amide bonds. The number of hydrogen-bond acceptors (Lipinski definition) is 5. The smallest absolute Gasteiger partial charge is 0.174 e. The van der Waals surface area contributed by atoms with Crippen LogP contribution in [-0.2, 0) is 11.2 Å². The zero-order chi connectivity index (χ0) is 25.0. The summed E-state index contributed by atoms with van der Waals surface area (Å²) in [4.78, 5) is 4.34. The molecule has 0 radical (unpaired) electrons. The van der Waals surface area contributed by atoms with Crippen molar-refractivity contribution in [2.45, 2.75) is 44.3 Å². The van der Waals surface area contributed by atoms with Gasteiger partial charge in [0.25, 0.3) is 0 Å². The molecule has 1 aliphatic heterocycles. The maximum atomic E-state index is 13.2. The second-order valence-electron chi connectivity index (χ2n) is 10.9. The highest BCUT2D eigenvalue weighted by molar-refractivity contribution is 9.10. The van der Waals surface area contributed by atoms with Gasteiger partial charge in [-0.3, -0.25) is 4.98 Å². The molecule has 1 aliphatic carbocycles. The number of aromatic nitrogens is 1. The molecule has 35 heavy (non-hydrogen) atoms. The Morgan fingerprint density at radius 1 is 1.06 bits per heavy atom. The van der Waals surface area contributed by atoms with Crippen LogP contribution in [0.15, 0.2) is 71.5 Å². The average Bonchev–Trinajstić information content (AvgIpc) is 3.22. The molecule has 5 rings (SSSR count). The molecular weight excluding hydrogens is 506 g/mol. The first-order valence-corrected chi connectivity index (χ1v) is 12.8. The molecular formula is C29H32BrNO4. The molecule has 0 spiro atoms. The molecule has 5 unspecified atom stereocenters. The van der Waals surface area contributed by atoms with Crippen LogP contribution < -0.4 is 9.47 Å². The Morgan fingerprint density at radius 3 is 2.34 bits per heavy atom. The Hall–Kier alpha value is -2.41. The number of methoxy groups -OCH3 is 1. The Balaban J connectivity index is 1.89. The number of aliphatic hydroxyl groups excluding tert-OH is 1. The van der Waals surface area contributed by atoms with Gasteiger partial charge in [-0.05, 0) is 41.0 Å². The monoisotopic (exact) mass is 537 g/mol. The summed E-state index contributed by atoms with van der Waals surface area (Å²) in [7, 11) is 1.59. The summed E-state index contributed by atoms with van der Waals surface area (Å²) in [5, 5.41) is 24.1. The van der Waals surface area contributed by atoms with E-state index in [0.717, 1.165) is 15.6 Å². The molecule has 6 heteroatoms.